The van der Waals surface area contributed by atoms with Gasteiger partial charge in [0.2, 0.25) is 0 Å². The molecule has 0 saturated carbocycles. The van der Waals surface area contributed by atoms with Crippen LogP contribution in [-0.2, 0) is 12.8 Å². The SMILES string of the molecule is N#Cc1ccc(N2CCN(C(=O)c3cccc(Cc4cccc5c4CCCNC5=O)c3)CC2)nc1. The summed E-state index contributed by atoms with van der Waals surface area (Å²) in [5, 5.41) is 11.9. The third-order valence-electron chi connectivity index (χ3n) is 6.74. The van der Waals surface area contributed by atoms with Gasteiger partial charge in [-0.15, -0.1) is 0 Å². The third kappa shape index (κ3) is 4.87. The molecule has 2 aliphatic heterocycles. The van der Waals surface area contributed by atoms with Gasteiger partial charge in [0.1, 0.15) is 11.9 Å². The number of hydrogen-bond acceptors (Lipinski definition) is 5. The van der Waals surface area contributed by atoms with Crippen molar-refractivity contribution in [2.45, 2.75) is 19.3 Å². The van der Waals surface area contributed by atoms with E-state index >= 15 is 0 Å². The van der Waals surface area contributed by atoms with Crippen LogP contribution in [0.5, 0.6) is 0 Å². The Kier molecular flexibility index (Phi) is 6.44. The van der Waals surface area contributed by atoms with Crippen molar-refractivity contribution >= 4 is 17.6 Å². The summed E-state index contributed by atoms with van der Waals surface area (Å²) in [4.78, 5) is 34.0. The molecule has 0 bridgehead atoms. The van der Waals surface area contributed by atoms with Crippen LogP contribution in [-0.4, -0.2) is 54.4 Å². The summed E-state index contributed by atoms with van der Waals surface area (Å²) in [6.07, 6.45) is 4.07. The van der Waals surface area contributed by atoms with Crippen LogP contribution in [0.3, 0.4) is 0 Å². The van der Waals surface area contributed by atoms with Gasteiger partial charge >= 0.3 is 0 Å². The normalized spacial score (nSPS) is 15.6. The predicted octanol–water partition coefficient (Wildman–Crippen LogP) is 3.18. The Balaban J connectivity index is 1.27. The molecule has 0 spiro atoms. The fourth-order valence-electron chi connectivity index (χ4n) is 4.87. The van der Waals surface area contributed by atoms with E-state index in [9.17, 15) is 9.59 Å². The average Bonchev–Trinajstić information content (AvgIpc) is 3.10. The molecule has 7 nitrogen and oxygen atoms in total. The van der Waals surface area contributed by atoms with E-state index in [1.54, 1.807) is 12.3 Å². The topological polar surface area (TPSA) is 89.3 Å². The van der Waals surface area contributed by atoms with Crippen molar-refractivity contribution in [3.05, 3.63) is 94.2 Å². The number of piperazine rings is 1. The highest BCUT2D eigenvalue weighted by atomic mass is 16.2. The van der Waals surface area contributed by atoms with E-state index in [1.807, 2.05) is 47.4 Å². The quantitative estimate of drug-likeness (QED) is 0.639. The molecule has 0 radical (unpaired) electrons. The number of pyridine rings is 1. The molecule has 1 N–H and O–H groups in total. The molecule has 1 fully saturated rings. The zero-order valence-electron chi connectivity index (χ0n) is 19.5. The molecular formula is C28H27N5O2. The molecule has 2 aromatic carbocycles. The number of amides is 2. The largest absolute Gasteiger partial charge is 0.353 e. The van der Waals surface area contributed by atoms with Crippen LogP contribution in [0.25, 0.3) is 0 Å². The lowest BCUT2D eigenvalue weighted by atomic mass is 9.92. The molecule has 35 heavy (non-hydrogen) atoms. The van der Waals surface area contributed by atoms with Crippen molar-refractivity contribution < 1.29 is 9.59 Å². The zero-order valence-corrected chi connectivity index (χ0v) is 19.5. The second kappa shape index (κ2) is 9.98. The van der Waals surface area contributed by atoms with Crippen molar-refractivity contribution in [1.82, 2.24) is 15.2 Å². The van der Waals surface area contributed by atoms with Crippen LogP contribution in [0, 0.1) is 11.3 Å². The van der Waals surface area contributed by atoms with Gasteiger partial charge < -0.3 is 15.1 Å². The van der Waals surface area contributed by atoms with Crippen molar-refractivity contribution in [2.24, 2.45) is 0 Å². The van der Waals surface area contributed by atoms with Gasteiger partial charge in [-0.05, 0) is 66.3 Å². The summed E-state index contributed by atoms with van der Waals surface area (Å²) in [5.41, 5.74) is 5.32. The van der Waals surface area contributed by atoms with Gasteiger partial charge in [0.15, 0.2) is 0 Å². The molecule has 2 aliphatic rings. The van der Waals surface area contributed by atoms with E-state index in [0.717, 1.165) is 40.9 Å². The number of carbonyl (C=O) groups excluding carboxylic acids is 2. The Bertz CT molecular complexity index is 1290. The third-order valence-corrected chi connectivity index (χ3v) is 6.74. The number of fused-ring (bicyclic) bond motifs is 1. The minimum absolute atomic E-state index is 0.00127. The first-order valence-corrected chi connectivity index (χ1v) is 12.0. The molecule has 3 heterocycles. The number of rotatable bonds is 4. The number of hydrogen-bond donors (Lipinski definition) is 1. The maximum atomic E-state index is 13.3. The number of nitrogens with one attached hydrogen (secondary N) is 1. The molecule has 5 rings (SSSR count). The summed E-state index contributed by atoms with van der Waals surface area (Å²) in [7, 11) is 0. The van der Waals surface area contributed by atoms with Gasteiger partial charge in [0, 0.05) is 50.0 Å². The molecule has 1 aromatic heterocycles. The maximum Gasteiger partial charge on any atom is 0.253 e. The van der Waals surface area contributed by atoms with Crippen LogP contribution in [0.4, 0.5) is 5.82 Å². The van der Waals surface area contributed by atoms with Crippen LogP contribution < -0.4 is 10.2 Å². The summed E-state index contributed by atoms with van der Waals surface area (Å²) in [6.45, 7) is 3.33. The summed E-state index contributed by atoms with van der Waals surface area (Å²) in [6, 6.07) is 19.5. The highest BCUT2D eigenvalue weighted by Gasteiger charge is 2.23. The molecule has 3 aromatic rings. The summed E-state index contributed by atoms with van der Waals surface area (Å²) >= 11 is 0. The molecule has 0 atom stereocenters. The molecule has 0 unspecified atom stereocenters. The molecule has 0 aliphatic carbocycles. The van der Waals surface area contributed by atoms with Gasteiger partial charge in [-0.2, -0.15) is 5.26 Å². The predicted molar refractivity (Wildman–Crippen MR) is 133 cm³/mol. The monoisotopic (exact) mass is 465 g/mol. The number of nitrogens with zero attached hydrogens (tertiary/aromatic N) is 4. The minimum atomic E-state index is -0.00127. The Morgan fingerprint density at radius 3 is 2.66 bits per heavy atom. The molecule has 1 saturated heterocycles. The van der Waals surface area contributed by atoms with Crippen molar-refractivity contribution in [1.29, 1.82) is 5.26 Å². The lowest BCUT2D eigenvalue weighted by Gasteiger charge is -2.35. The highest BCUT2D eigenvalue weighted by molar-refractivity contribution is 5.96. The summed E-state index contributed by atoms with van der Waals surface area (Å²) in [5.74, 6) is 0.859. The standard InChI is InChI=1S/C28H27N5O2/c29-18-21-9-10-26(31-19-21)32-12-14-33(15-13-32)28(35)23-6-1-4-20(17-23)16-22-5-2-7-25-24(22)8-3-11-30-27(25)34/h1-2,4-7,9-10,17,19H,3,8,11-16H2,(H,30,34). The number of benzene rings is 2. The second-order valence-corrected chi connectivity index (χ2v) is 8.98. The van der Waals surface area contributed by atoms with Crippen molar-refractivity contribution in [3.8, 4) is 6.07 Å². The zero-order chi connectivity index (χ0) is 24.2. The minimum Gasteiger partial charge on any atom is -0.353 e. The van der Waals surface area contributed by atoms with Gasteiger partial charge in [-0.3, -0.25) is 9.59 Å². The van der Waals surface area contributed by atoms with E-state index < -0.39 is 0 Å². The molecule has 176 valence electrons. The first-order valence-electron chi connectivity index (χ1n) is 12.0. The van der Waals surface area contributed by atoms with E-state index in [-0.39, 0.29) is 11.8 Å². The fraction of sp³-hybridized carbons (Fsp3) is 0.286. The van der Waals surface area contributed by atoms with E-state index in [4.69, 9.17) is 5.26 Å². The number of carbonyl (C=O) groups is 2. The number of aromatic nitrogens is 1. The smallest absolute Gasteiger partial charge is 0.253 e. The van der Waals surface area contributed by atoms with Crippen LogP contribution in [0.15, 0.2) is 60.8 Å². The van der Waals surface area contributed by atoms with Crippen molar-refractivity contribution in [2.75, 3.05) is 37.6 Å². The van der Waals surface area contributed by atoms with Gasteiger partial charge in [-0.1, -0.05) is 24.3 Å². The Morgan fingerprint density at radius 1 is 1.06 bits per heavy atom. The van der Waals surface area contributed by atoms with E-state index in [0.29, 0.717) is 50.3 Å². The van der Waals surface area contributed by atoms with E-state index in [1.165, 1.54) is 0 Å². The molecule has 7 heteroatoms. The van der Waals surface area contributed by atoms with Gasteiger partial charge in [0.05, 0.1) is 5.56 Å². The first kappa shape index (κ1) is 22.6. The van der Waals surface area contributed by atoms with Gasteiger partial charge in [-0.25, -0.2) is 4.98 Å². The number of nitriles is 1. The first-order chi connectivity index (χ1) is 17.1. The average molecular weight is 466 g/mol. The second-order valence-electron chi connectivity index (χ2n) is 8.98. The molecule has 2 amide bonds. The van der Waals surface area contributed by atoms with E-state index in [2.05, 4.69) is 27.3 Å². The van der Waals surface area contributed by atoms with Crippen molar-refractivity contribution in [3.63, 3.8) is 0 Å². The number of anilines is 1. The van der Waals surface area contributed by atoms with Crippen LogP contribution in [0.1, 0.15) is 49.4 Å². The fourth-order valence-corrected chi connectivity index (χ4v) is 4.87. The van der Waals surface area contributed by atoms with Gasteiger partial charge in [0.25, 0.3) is 11.8 Å². The maximum absolute atomic E-state index is 13.3. The van der Waals surface area contributed by atoms with Crippen LogP contribution >= 0.6 is 0 Å². The highest BCUT2D eigenvalue weighted by Crippen LogP contribution is 2.23. The lowest BCUT2D eigenvalue weighted by Crippen LogP contribution is -2.49. The lowest BCUT2D eigenvalue weighted by molar-refractivity contribution is 0.0746. The molecular weight excluding hydrogens is 438 g/mol. The Labute approximate surface area is 205 Å². The van der Waals surface area contributed by atoms with Crippen LogP contribution in [0.2, 0.25) is 0 Å². The Morgan fingerprint density at radius 2 is 1.89 bits per heavy atom. The Hall–Kier alpha value is -4.18. The summed E-state index contributed by atoms with van der Waals surface area (Å²) < 4.78 is 0.